The van der Waals surface area contributed by atoms with Crippen molar-refractivity contribution in [3.63, 3.8) is 0 Å². The Labute approximate surface area is 124 Å². The third-order valence-corrected chi connectivity index (χ3v) is 3.74. The predicted molar refractivity (Wildman–Crippen MR) is 82.8 cm³/mol. The highest BCUT2D eigenvalue weighted by atomic mass is 79.9. The first kappa shape index (κ1) is 16.5. The minimum atomic E-state index is -0.0464. The monoisotopic (exact) mass is 329 g/mol. The molecule has 3 nitrogen and oxygen atoms in total. The van der Waals surface area contributed by atoms with Gasteiger partial charge in [-0.15, -0.1) is 0 Å². The second-order valence-electron chi connectivity index (χ2n) is 5.78. The standard InChI is InChI=1S/C15H24BrNO2/c1-15(2,11-18)10-17(3)8-7-12-5-6-14(19-4)13(16)9-12/h5-6,9,18H,7-8,10-11H2,1-4H3. The van der Waals surface area contributed by atoms with Crippen LogP contribution in [0.15, 0.2) is 22.7 Å². The van der Waals surface area contributed by atoms with Crippen molar-refractivity contribution in [2.75, 3.05) is 33.9 Å². The highest BCUT2D eigenvalue weighted by molar-refractivity contribution is 9.10. The summed E-state index contributed by atoms with van der Waals surface area (Å²) in [5.74, 6) is 0.860. The van der Waals surface area contributed by atoms with Crippen molar-refractivity contribution in [1.29, 1.82) is 0 Å². The zero-order valence-corrected chi connectivity index (χ0v) is 13.8. The quantitative estimate of drug-likeness (QED) is 0.834. The van der Waals surface area contributed by atoms with Crippen LogP contribution in [-0.4, -0.2) is 43.9 Å². The van der Waals surface area contributed by atoms with Gasteiger partial charge in [-0.3, -0.25) is 0 Å². The van der Waals surface area contributed by atoms with Crippen LogP contribution in [-0.2, 0) is 6.42 Å². The first-order valence-corrected chi connectivity index (χ1v) is 7.29. The minimum Gasteiger partial charge on any atom is -0.496 e. The maximum atomic E-state index is 9.28. The molecule has 1 aromatic carbocycles. The van der Waals surface area contributed by atoms with Crippen LogP contribution in [0, 0.1) is 5.41 Å². The molecule has 0 aliphatic heterocycles. The van der Waals surface area contributed by atoms with Gasteiger partial charge in [-0.05, 0) is 47.1 Å². The lowest BCUT2D eigenvalue weighted by Gasteiger charge is -2.28. The van der Waals surface area contributed by atoms with Crippen molar-refractivity contribution in [1.82, 2.24) is 4.90 Å². The Morgan fingerprint density at radius 3 is 2.58 bits per heavy atom. The highest BCUT2D eigenvalue weighted by Crippen LogP contribution is 2.25. The van der Waals surface area contributed by atoms with Gasteiger partial charge in [0.15, 0.2) is 0 Å². The molecule has 4 heteroatoms. The Balaban J connectivity index is 2.50. The summed E-state index contributed by atoms with van der Waals surface area (Å²) in [6, 6.07) is 6.18. The number of nitrogens with zero attached hydrogens (tertiary/aromatic N) is 1. The fourth-order valence-corrected chi connectivity index (χ4v) is 2.63. The molecule has 0 aliphatic carbocycles. The lowest BCUT2D eigenvalue weighted by Crippen LogP contribution is -2.35. The first-order chi connectivity index (χ1) is 8.88. The second-order valence-corrected chi connectivity index (χ2v) is 6.63. The van der Waals surface area contributed by atoms with Crippen molar-refractivity contribution in [2.45, 2.75) is 20.3 Å². The molecule has 0 aromatic heterocycles. The molecule has 0 aliphatic rings. The van der Waals surface area contributed by atoms with Gasteiger partial charge in [0.25, 0.3) is 0 Å². The summed E-state index contributed by atoms with van der Waals surface area (Å²) in [6.07, 6.45) is 0.987. The number of benzene rings is 1. The van der Waals surface area contributed by atoms with Gasteiger partial charge in [-0.1, -0.05) is 19.9 Å². The number of aliphatic hydroxyl groups excluding tert-OH is 1. The number of aliphatic hydroxyl groups is 1. The van der Waals surface area contributed by atoms with Gasteiger partial charge in [-0.25, -0.2) is 0 Å². The molecule has 0 saturated carbocycles. The minimum absolute atomic E-state index is 0.0464. The maximum Gasteiger partial charge on any atom is 0.133 e. The molecular formula is C15H24BrNO2. The van der Waals surface area contributed by atoms with Crippen molar-refractivity contribution in [3.05, 3.63) is 28.2 Å². The van der Waals surface area contributed by atoms with E-state index in [4.69, 9.17) is 4.74 Å². The Hall–Kier alpha value is -0.580. The molecule has 0 heterocycles. The summed E-state index contributed by atoms with van der Waals surface area (Å²) >= 11 is 3.50. The van der Waals surface area contributed by atoms with E-state index in [1.807, 2.05) is 6.07 Å². The summed E-state index contributed by atoms with van der Waals surface area (Å²) < 4.78 is 6.21. The summed E-state index contributed by atoms with van der Waals surface area (Å²) in [6.45, 7) is 6.23. The van der Waals surface area contributed by atoms with Gasteiger partial charge in [0.2, 0.25) is 0 Å². The van der Waals surface area contributed by atoms with Crippen LogP contribution in [0.5, 0.6) is 5.75 Å². The van der Waals surface area contributed by atoms with Crippen molar-refractivity contribution < 1.29 is 9.84 Å². The van der Waals surface area contributed by atoms with Gasteiger partial charge in [0.05, 0.1) is 11.6 Å². The fourth-order valence-electron chi connectivity index (χ4n) is 2.05. The number of likely N-dealkylation sites (N-methyl/N-ethyl adjacent to an activating group) is 1. The molecule has 0 atom stereocenters. The molecule has 19 heavy (non-hydrogen) atoms. The Morgan fingerprint density at radius 1 is 1.37 bits per heavy atom. The van der Waals surface area contributed by atoms with Crippen molar-refractivity contribution in [2.24, 2.45) is 5.41 Å². The number of ether oxygens (including phenoxy) is 1. The Kier molecular flexibility index (Phi) is 6.30. The average molecular weight is 330 g/mol. The van der Waals surface area contributed by atoms with E-state index in [1.54, 1.807) is 7.11 Å². The lowest BCUT2D eigenvalue weighted by molar-refractivity contribution is 0.116. The molecule has 0 spiro atoms. The van der Waals surface area contributed by atoms with Crippen molar-refractivity contribution in [3.8, 4) is 5.75 Å². The van der Waals surface area contributed by atoms with Crippen LogP contribution < -0.4 is 4.74 Å². The van der Waals surface area contributed by atoms with E-state index in [-0.39, 0.29) is 12.0 Å². The average Bonchev–Trinajstić information content (AvgIpc) is 2.36. The summed E-state index contributed by atoms with van der Waals surface area (Å²) in [4.78, 5) is 2.26. The molecule has 1 rings (SSSR count). The van der Waals surface area contributed by atoms with Crippen molar-refractivity contribution >= 4 is 15.9 Å². The van der Waals surface area contributed by atoms with Gasteiger partial charge in [-0.2, -0.15) is 0 Å². The van der Waals surface area contributed by atoms with Crippen LogP contribution >= 0.6 is 15.9 Å². The van der Waals surface area contributed by atoms with E-state index < -0.39 is 0 Å². The third kappa shape index (κ3) is 5.51. The summed E-state index contributed by atoms with van der Waals surface area (Å²) in [5, 5.41) is 9.28. The van der Waals surface area contributed by atoms with Gasteiger partial charge < -0.3 is 14.7 Å². The summed E-state index contributed by atoms with van der Waals surface area (Å²) in [5.41, 5.74) is 1.23. The van der Waals surface area contributed by atoms with Crippen LogP contribution in [0.3, 0.4) is 0 Å². The molecular weight excluding hydrogens is 306 g/mol. The van der Waals surface area contributed by atoms with Gasteiger partial charge in [0, 0.05) is 25.1 Å². The van der Waals surface area contributed by atoms with Crippen LogP contribution in [0.1, 0.15) is 19.4 Å². The number of halogens is 1. The Morgan fingerprint density at radius 2 is 2.05 bits per heavy atom. The van der Waals surface area contributed by atoms with Gasteiger partial charge >= 0.3 is 0 Å². The number of hydrogen-bond donors (Lipinski definition) is 1. The molecule has 1 N–H and O–H groups in total. The molecule has 1 aromatic rings. The van der Waals surface area contributed by atoms with E-state index >= 15 is 0 Å². The zero-order chi connectivity index (χ0) is 14.5. The molecule has 0 fully saturated rings. The zero-order valence-electron chi connectivity index (χ0n) is 12.2. The number of rotatable bonds is 7. The molecule has 0 amide bonds. The molecule has 0 saturated heterocycles. The van der Waals surface area contributed by atoms with Gasteiger partial charge in [0.1, 0.15) is 5.75 Å². The van der Waals surface area contributed by atoms with Crippen LogP contribution in [0.25, 0.3) is 0 Å². The molecule has 0 unspecified atom stereocenters. The highest BCUT2D eigenvalue weighted by Gasteiger charge is 2.18. The van der Waals surface area contributed by atoms with Crippen LogP contribution in [0.4, 0.5) is 0 Å². The lowest BCUT2D eigenvalue weighted by atomic mass is 9.94. The molecule has 108 valence electrons. The topological polar surface area (TPSA) is 32.7 Å². The summed E-state index contributed by atoms with van der Waals surface area (Å²) in [7, 11) is 3.76. The fraction of sp³-hybridized carbons (Fsp3) is 0.600. The smallest absolute Gasteiger partial charge is 0.133 e. The maximum absolute atomic E-state index is 9.28. The molecule has 0 bridgehead atoms. The van der Waals surface area contributed by atoms with Crippen LogP contribution in [0.2, 0.25) is 0 Å². The van der Waals surface area contributed by atoms with E-state index in [1.165, 1.54) is 5.56 Å². The predicted octanol–water partition coefficient (Wildman–Crippen LogP) is 2.95. The largest absolute Gasteiger partial charge is 0.496 e. The normalized spacial score (nSPS) is 11.9. The Bertz CT molecular complexity index is 407. The molecule has 0 radical (unpaired) electrons. The van der Waals surface area contributed by atoms with E-state index in [2.05, 4.69) is 53.9 Å². The third-order valence-electron chi connectivity index (χ3n) is 3.12. The number of hydrogen-bond acceptors (Lipinski definition) is 3. The van der Waals surface area contributed by atoms with E-state index in [0.29, 0.717) is 0 Å². The first-order valence-electron chi connectivity index (χ1n) is 6.50. The number of methoxy groups -OCH3 is 1. The van der Waals surface area contributed by atoms with E-state index in [0.717, 1.165) is 29.7 Å². The second kappa shape index (κ2) is 7.27. The SMILES string of the molecule is COc1ccc(CCN(C)CC(C)(C)CO)cc1Br. The van der Waals surface area contributed by atoms with E-state index in [9.17, 15) is 5.11 Å².